The minimum absolute atomic E-state index is 0.790. The standard InChI is InChI=1S/C19H17ClS/c20-17-11-9-16(10-12-17)19-14-13-18(21-19)8-4-7-15-5-2-1-3-6-15/h1-3,5-6,9-14H,4,7-8H2. The maximum Gasteiger partial charge on any atom is 0.0406 e. The largest absolute Gasteiger partial charge is 0.140 e. The van der Waals surface area contributed by atoms with Gasteiger partial charge in [0.15, 0.2) is 0 Å². The fourth-order valence-corrected chi connectivity index (χ4v) is 3.57. The zero-order valence-electron chi connectivity index (χ0n) is 11.8. The van der Waals surface area contributed by atoms with E-state index < -0.39 is 0 Å². The summed E-state index contributed by atoms with van der Waals surface area (Å²) < 4.78 is 0. The minimum atomic E-state index is 0.790. The summed E-state index contributed by atoms with van der Waals surface area (Å²) in [4.78, 5) is 2.78. The highest BCUT2D eigenvalue weighted by Crippen LogP contribution is 2.29. The maximum atomic E-state index is 5.93. The Hall–Kier alpha value is -1.57. The van der Waals surface area contributed by atoms with Gasteiger partial charge < -0.3 is 0 Å². The Kier molecular flexibility index (Phi) is 4.74. The molecule has 0 spiro atoms. The molecule has 1 heterocycles. The smallest absolute Gasteiger partial charge is 0.0406 e. The van der Waals surface area contributed by atoms with Gasteiger partial charge in [0.05, 0.1) is 0 Å². The molecule has 2 heteroatoms. The van der Waals surface area contributed by atoms with Gasteiger partial charge in [-0.3, -0.25) is 0 Å². The molecule has 0 saturated carbocycles. The fraction of sp³-hybridized carbons (Fsp3) is 0.158. The molecule has 0 aliphatic heterocycles. The van der Waals surface area contributed by atoms with E-state index in [-0.39, 0.29) is 0 Å². The van der Waals surface area contributed by atoms with Crippen LogP contribution in [0.5, 0.6) is 0 Å². The summed E-state index contributed by atoms with van der Waals surface area (Å²) in [5.41, 5.74) is 2.67. The molecule has 0 nitrogen and oxygen atoms in total. The lowest BCUT2D eigenvalue weighted by Crippen LogP contribution is -1.87. The number of rotatable bonds is 5. The first kappa shape index (κ1) is 14.4. The molecule has 3 aromatic rings. The van der Waals surface area contributed by atoms with Crippen molar-refractivity contribution in [2.75, 3.05) is 0 Å². The molecular weight excluding hydrogens is 296 g/mol. The van der Waals surface area contributed by atoms with Crippen molar-refractivity contribution >= 4 is 22.9 Å². The molecule has 1 aromatic heterocycles. The van der Waals surface area contributed by atoms with E-state index in [9.17, 15) is 0 Å². The van der Waals surface area contributed by atoms with Gasteiger partial charge in [-0.05, 0) is 54.7 Å². The van der Waals surface area contributed by atoms with E-state index >= 15 is 0 Å². The topological polar surface area (TPSA) is 0 Å². The normalized spacial score (nSPS) is 10.7. The molecule has 0 atom stereocenters. The summed E-state index contributed by atoms with van der Waals surface area (Å²) in [5.74, 6) is 0. The van der Waals surface area contributed by atoms with E-state index in [1.807, 2.05) is 23.5 Å². The fourth-order valence-electron chi connectivity index (χ4n) is 2.39. The zero-order chi connectivity index (χ0) is 14.5. The van der Waals surface area contributed by atoms with Crippen LogP contribution in [0, 0.1) is 0 Å². The monoisotopic (exact) mass is 312 g/mol. The predicted octanol–water partition coefficient (Wildman–Crippen LogP) is 6.24. The molecule has 0 bridgehead atoms. The number of benzene rings is 2. The lowest BCUT2D eigenvalue weighted by atomic mass is 10.1. The SMILES string of the molecule is Clc1ccc(-c2ccc(CCCc3ccccc3)s2)cc1. The van der Waals surface area contributed by atoms with Crippen molar-refractivity contribution in [2.45, 2.75) is 19.3 Å². The van der Waals surface area contributed by atoms with Crippen LogP contribution in [-0.4, -0.2) is 0 Å². The van der Waals surface area contributed by atoms with Gasteiger partial charge in [-0.15, -0.1) is 11.3 Å². The molecule has 0 aliphatic rings. The summed E-state index contributed by atoms with van der Waals surface area (Å²) in [5, 5.41) is 0.790. The molecule has 0 aliphatic carbocycles. The third-order valence-corrected chi connectivity index (χ3v) is 4.97. The molecule has 0 unspecified atom stereocenters. The molecule has 0 amide bonds. The Morgan fingerprint density at radius 1 is 0.762 bits per heavy atom. The number of hydrogen-bond donors (Lipinski definition) is 0. The summed E-state index contributed by atoms with van der Waals surface area (Å²) >= 11 is 7.82. The Labute approximate surface area is 135 Å². The van der Waals surface area contributed by atoms with Crippen LogP contribution in [0.4, 0.5) is 0 Å². The van der Waals surface area contributed by atoms with Crippen LogP contribution >= 0.6 is 22.9 Å². The van der Waals surface area contributed by atoms with Gasteiger partial charge in [0, 0.05) is 14.8 Å². The van der Waals surface area contributed by atoms with Gasteiger partial charge in [0.1, 0.15) is 0 Å². The quantitative estimate of drug-likeness (QED) is 0.523. The molecular formula is C19H17ClS. The lowest BCUT2D eigenvalue weighted by Gasteiger charge is -2.00. The first-order valence-corrected chi connectivity index (χ1v) is 8.39. The first-order valence-electron chi connectivity index (χ1n) is 7.20. The number of halogens is 1. The Bertz CT molecular complexity index is 683. The lowest BCUT2D eigenvalue weighted by molar-refractivity contribution is 0.831. The van der Waals surface area contributed by atoms with Crippen molar-refractivity contribution in [3.8, 4) is 10.4 Å². The van der Waals surface area contributed by atoms with Crippen LogP contribution in [0.3, 0.4) is 0 Å². The second kappa shape index (κ2) is 6.93. The van der Waals surface area contributed by atoms with E-state index in [1.165, 1.54) is 27.3 Å². The van der Waals surface area contributed by atoms with Crippen LogP contribution in [0.1, 0.15) is 16.9 Å². The predicted molar refractivity (Wildman–Crippen MR) is 93.2 cm³/mol. The van der Waals surface area contributed by atoms with Gasteiger partial charge in [-0.2, -0.15) is 0 Å². The highest BCUT2D eigenvalue weighted by Gasteiger charge is 2.03. The molecule has 0 N–H and O–H groups in total. The highest BCUT2D eigenvalue weighted by molar-refractivity contribution is 7.15. The van der Waals surface area contributed by atoms with Crippen molar-refractivity contribution in [2.24, 2.45) is 0 Å². The van der Waals surface area contributed by atoms with Gasteiger partial charge in [0.25, 0.3) is 0 Å². The summed E-state index contributed by atoms with van der Waals surface area (Å²) in [6.07, 6.45) is 3.49. The first-order chi connectivity index (χ1) is 10.3. The molecule has 0 radical (unpaired) electrons. The summed E-state index contributed by atoms with van der Waals surface area (Å²) in [6, 6.07) is 23.2. The molecule has 21 heavy (non-hydrogen) atoms. The maximum absolute atomic E-state index is 5.93. The summed E-state index contributed by atoms with van der Waals surface area (Å²) in [7, 11) is 0. The van der Waals surface area contributed by atoms with Crippen LogP contribution in [0.2, 0.25) is 5.02 Å². The van der Waals surface area contributed by atoms with Gasteiger partial charge in [-0.25, -0.2) is 0 Å². The second-order valence-corrected chi connectivity index (χ2v) is 6.72. The van der Waals surface area contributed by atoms with E-state index in [2.05, 4.69) is 54.6 Å². The van der Waals surface area contributed by atoms with Crippen molar-refractivity contribution in [3.05, 3.63) is 82.2 Å². The van der Waals surface area contributed by atoms with Crippen LogP contribution in [0.25, 0.3) is 10.4 Å². The average molecular weight is 313 g/mol. The van der Waals surface area contributed by atoms with Gasteiger partial charge in [0.2, 0.25) is 0 Å². The number of aryl methyl sites for hydroxylation is 2. The van der Waals surface area contributed by atoms with Crippen molar-refractivity contribution in [1.82, 2.24) is 0 Å². The molecule has 106 valence electrons. The zero-order valence-corrected chi connectivity index (χ0v) is 13.3. The summed E-state index contributed by atoms with van der Waals surface area (Å²) in [6.45, 7) is 0. The van der Waals surface area contributed by atoms with Gasteiger partial charge in [-0.1, -0.05) is 54.1 Å². The Balaban J connectivity index is 1.59. The van der Waals surface area contributed by atoms with Crippen LogP contribution in [-0.2, 0) is 12.8 Å². The van der Waals surface area contributed by atoms with Crippen LogP contribution < -0.4 is 0 Å². The van der Waals surface area contributed by atoms with Crippen molar-refractivity contribution in [3.63, 3.8) is 0 Å². The molecule has 2 aromatic carbocycles. The second-order valence-electron chi connectivity index (χ2n) is 5.11. The molecule has 0 fully saturated rings. The molecule has 0 saturated heterocycles. The molecule has 3 rings (SSSR count). The number of thiophene rings is 1. The highest BCUT2D eigenvalue weighted by atomic mass is 35.5. The average Bonchev–Trinajstić information content (AvgIpc) is 2.98. The van der Waals surface area contributed by atoms with E-state index in [0.717, 1.165) is 17.9 Å². The van der Waals surface area contributed by atoms with E-state index in [1.54, 1.807) is 0 Å². The van der Waals surface area contributed by atoms with Gasteiger partial charge >= 0.3 is 0 Å². The Morgan fingerprint density at radius 3 is 2.29 bits per heavy atom. The van der Waals surface area contributed by atoms with Crippen molar-refractivity contribution in [1.29, 1.82) is 0 Å². The third kappa shape index (κ3) is 3.96. The minimum Gasteiger partial charge on any atom is -0.140 e. The number of hydrogen-bond acceptors (Lipinski definition) is 1. The van der Waals surface area contributed by atoms with Crippen molar-refractivity contribution < 1.29 is 0 Å². The Morgan fingerprint density at radius 2 is 1.52 bits per heavy atom. The third-order valence-electron chi connectivity index (χ3n) is 3.52. The van der Waals surface area contributed by atoms with E-state index in [4.69, 9.17) is 11.6 Å². The van der Waals surface area contributed by atoms with E-state index in [0.29, 0.717) is 0 Å². The van der Waals surface area contributed by atoms with Crippen LogP contribution in [0.15, 0.2) is 66.7 Å².